The molecule has 3 aromatic rings. The largest absolute Gasteiger partial charge is 0.493 e. The lowest BCUT2D eigenvalue weighted by Gasteiger charge is -2.14. The first kappa shape index (κ1) is 23.8. The van der Waals surface area contributed by atoms with Gasteiger partial charge in [-0.3, -0.25) is 4.79 Å². The summed E-state index contributed by atoms with van der Waals surface area (Å²) in [6.07, 6.45) is 0.0723. The average molecular weight is 466 g/mol. The Morgan fingerprint density at radius 3 is 2.33 bits per heavy atom. The number of sulfonamides is 1. The van der Waals surface area contributed by atoms with E-state index in [1.807, 2.05) is 6.92 Å². The molecule has 3 aromatic carbocycles. The van der Waals surface area contributed by atoms with Gasteiger partial charge in [-0.1, -0.05) is 6.07 Å². The van der Waals surface area contributed by atoms with Gasteiger partial charge in [-0.05, 0) is 79.1 Å². The zero-order valence-electron chi connectivity index (χ0n) is 18.4. The second-order valence-corrected chi connectivity index (χ2v) is 8.99. The van der Waals surface area contributed by atoms with E-state index in [9.17, 15) is 13.2 Å². The number of nitrogens with zero attached hydrogens (tertiary/aromatic N) is 1. The van der Waals surface area contributed by atoms with E-state index in [2.05, 4.69) is 11.4 Å². The minimum Gasteiger partial charge on any atom is -0.493 e. The quantitative estimate of drug-likeness (QED) is 0.545. The smallest absolute Gasteiger partial charge is 0.238 e. The van der Waals surface area contributed by atoms with Crippen LogP contribution in [0.2, 0.25) is 0 Å². The molecule has 0 saturated carbocycles. The fourth-order valence-corrected chi connectivity index (χ4v) is 3.79. The zero-order chi connectivity index (χ0) is 24.2. The van der Waals surface area contributed by atoms with Crippen molar-refractivity contribution in [2.75, 3.05) is 12.4 Å². The zero-order valence-corrected chi connectivity index (χ0v) is 19.2. The molecule has 1 amide bonds. The van der Waals surface area contributed by atoms with Gasteiger partial charge in [0, 0.05) is 5.69 Å². The third kappa shape index (κ3) is 5.88. The van der Waals surface area contributed by atoms with E-state index in [0.717, 1.165) is 5.56 Å². The number of amides is 1. The molecule has 0 fully saturated rings. The van der Waals surface area contributed by atoms with E-state index in [1.54, 1.807) is 43.3 Å². The minimum atomic E-state index is -3.81. The van der Waals surface area contributed by atoms with Crippen LogP contribution in [0.5, 0.6) is 17.2 Å². The van der Waals surface area contributed by atoms with E-state index in [0.29, 0.717) is 39.6 Å². The van der Waals surface area contributed by atoms with Gasteiger partial charge in [0.1, 0.15) is 5.75 Å². The Kier molecular flexibility index (Phi) is 7.01. The first-order chi connectivity index (χ1) is 15.6. The van der Waals surface area contributed by atoms with E-state index in [4.69, 9.17) is 19.9 Å². The summed E-state index contributed by atoms with van der Waals surface area (Å²) in [6.45, 7) is 3.53. The Hall–Kier alpha value is -3.87. The van der Waals surface area contributed by atoms with Gasteiger partial charge in [0.25, 0.3) is 0 Å². The first-order valence-electron chi connectivity index (χ1n) is 9.89. The van der Waals surface area contributed by atoms with Crippen molar-refractivity contribution in [1.82, 2.24) is 0 Å². The van der Waals surface area contributed by atoms with Crippen molar-refractivity contribution < 1.29 is 22.7 Å². The van der Waals surface area contributed by atoms with Crippen LogP contribution in [-0.2, 0) is 21.2 Å². The van der Waals surface area contributed by atoms with Crippen molar-refractivity contribution in [2.45, 2.75) is 25.2 Å². The maximum absolute atomic E-state index is 12.5. The molecule has 0 unspecified atom stereocenters. The highest BCUT2D eigenvalue weighted by Crippen LogP contribution is 2.34. The lowest BCUT2D eigenvalue weighted by atomic mass is 10.1. The Labute approximate surface area is 192 Å². The number of anilines is 1. The fraction of sp³-hybridized carbons (Fsp3) is 0.167. The SMILES string of the molecule is COc1cc(CC(=O)Nc2ccc(S(N)(=O)=O)cc2C)ccc1Oc1ccc(C#N)cc1C. The van der Waals surface area contributed by atoms with Gasteiger partial charge >= 0.3 is 0 Å². The van der Waals surface area contributed by atoms with Crippen molar-refractivity contribution in [3.05, 3.63) is 76.9 Å². The first-order valence-corrected chi connectivity index (χ1v) is 11.4. The number of rotatable bonds is 7. The number of carbonyl (C=O) groups is 1. The van der Waals surface area contributed by atoms with Crippen LogP contribution in [0.1, 0.15) is 22.3 Å². The number of hydrogen-bond donors (Lipinski definition) is 2. The molecular formula is C24H23N3O5S. The molecule has 0 aromatic heterocycles. The molecule has 0 heterocycles. The second-order valence-electron chi connectivity index (χ2n) is 7.43. The van der Waals surface area contributed by atoms with Crippen LogP contribution < -0.4 is 19.9 Å². The Balaban J connectivity index is 1.73. The van der Waals surface area contributed by atoms with Crippen molar-refractivity contribution in [1.29, 1.82) is 5.26 Å². The lowest BCUT2D eigenvalue weighted by Crippen LogP contribution is -2.16. The Morgan fingerprint density at radius 1 is 1.00 bits per heavy atom. The molecule has 0 spiro atoms. The summed E-state index contributed by atoms with van der Waals surface area (Å²) in [4.78, 5) is 12.5. The number of nitrogens with one attached hydrogen (secondary N) is 1. The van der Waals surface area contributed by atoms with Gasteiger partial charge in [-0.2, -0.15) is 5.26 Å². The number of nitriles is 1. The second kappa shape index (κ2) is 9.73. The number of aryl methyl sites for hydroxylation is 2. The van der Waals surface area contributed by atoms with Gasteiger partial charge in [-0.25, -0.2) is 13.6 Å². The van der Waals surface area contributed by atoms with Crippen LogP contribution in [0.3, 0.4) is 0 Å². The van der Waals surface area contributed by atoms with E-state index in [-0.39, 0.29) is 17.2 Å². The molecule has 170 valence electrons. The maximum Gasteiger partial charge on any atom is 0.238 e. The number of methoxy groups -OCH3 is 1. The standard InChI is InChI=1S/C24H23N3O5S/c1-15-11-19(33(26,29)30)6-7-20(15)27-24(28)13-17-4-9-22(23(12-17)31-3)32-21-8-5-18(14-25)10-16(21)2/h4-12H,13H2,1-3H3,(H,27,28)(H2,26,29,30). The average Bonchev–Trinajstić information content (AvgIpc) is 2.76. The minimum absolute atomic E-state index is 0.0178. The summed E-state index contributed by atoms with van der Waals surface area (Å²) in [6, 6.07) is 16.7. The number of carbonyl (C=O) groups excluding carboxylic acids is 1. The van der Waals surface area contributed by atoms with Gasteiger partial charge in [-0.15, -0.1) is 0 Å². The molecular weight excluding hydrogens is 442 g/mol. The van der Waals surface area contributed by atoms with Gasteiger partial charge in [0.05, 0.1) is 30.1 Å². The van der Waals surface area contributed by atoms with Crippen LogP contribution in [0.15, 0.2) is 59.5 Å². The van der Waals surface area contributed by atoms with E-state index < -0.39 is 10.0 Å². The van der Waals surface area contributed by atoms with Crippen molar-refractivity contribution in [2.24, 2.45) is 5.14 Å². The Morgan fingerprint density at radius 2 is 1.73 bits per heavy atom. The lowest BCUT2D eigenvalue weighted by molar-refractivity contribution is -0.115. The fourth-order valence-electron chi connectivity index (χ4n) is 3.19. The van der Waals surface area contributed by atoms with Gasteiger partial charge in [0.15, 0.2) is 11.5 Å². The van der Waals surface area contributed by atoms with Crippen LogP contribution in [-0.4, -0.2) is 21.4 Å². The van der Waals surface area contributed by atoms with Crippen LogP contribution in [0.4, 0.5) is 5.69 Å². The highest BCUT2D eigenvalue weighted by atomic mass is 32.2. The monoisotopic (exact) mass is 465 g/mol. The third-order valence-electron chi connectivity index (χ3n) is 4.92. The highest BCUT2D eigenvalue weighted by molar-refractivity contribution is 7.89. The molecule has 8 nitrogen and oxygen atoms in total. The number of ether oxygens (including phenoxy) is 2. The molecule has 0 saturated heterocycles. The van der Waals surface area contributed by atoms with Crippen LogP contribution in [0.25, 0.3) is 0 Å². The molecule has 0 aliphatic carbocycles. The molecule has 0 radical (unpaired) electrons. The van der Waals surface area contributed by atoms with E-state index >= 15 is 0 Å². The van der Waals surface area contributed by atoms with Crippen molar-refractivity contribution in [3.8, 4) is 23.3 Å². The number of benzene rings is 3. The number of hydrogen-bond acceptors (Lipinski definition) is 6. The molecule has 3 N–H and O–H groups in total. The number of primary sulfonamides is 1. The molecule has 33 heavy (non-hydrogen) atoms. The molecule has 0 atom stereocenters. The molecule has 0 aliphatic rings. The molecule has 0 aliphatic heterocycles. The van der Waals surface area contributed by atoms with Crippen LogP contribution in [0, 0.1) is 25.2 Å². The van der Waals surface area contributed by atoms with Crippen LogP contribution >= 0.6 is 0 Å². The summed E-state index contributed by atoms with van der Waals surface area (Å²) in [7, 11) is -2.30. The third-order valence-corrected chi connectivity index (χ3v) is 5.83. The highest BCUT2D eigenvalue weighted by Gasteiger charge is 2.14. The predicted octanol–water partition coefficient (Wildman–Crippen LogP) is 3.80. The summed E-state index contributed by atoms with van der Waals surface area (Å²) in [5, 5.41) is 16.9. The molecule has 3 rings (SSSR count). The normalized spacial score (nSPS) is 10.9. The summed E-state index contributed by atoms with van der Waals surface area (Å²) in [5.41, 5.74) is 3.13. The summed E-state index contributed by atoms with van der Waals surface area (Å²) >= 11 is 0. The van der Waals surface area contributed by atoms with Crippen molar-refractivity contribution >= 4 is 21.6 Å². The Bertz CT molecular complexity index is 1360. The summed E-state index contributed by atoms with van der Waals surface area (Å²) < 4.78 is 34.3. The topological polar surface area (TPSA) is 132 Å². The molecule has 9 heteroatoms. The molecule has 0 bridgehead atoms. The van der Waals surface area contributed by atoms with Gasteiger partial charge in [0.2, 0.25) is 15.9 Å². The number of nitrogens with two attached hydrogens (primary N) is 1. The van der Waals surface area contributed by atoms with Gasteiger partial charge < -0.3 is 14.8 Å². The maximum atomic E-state index is 12.5. The van der Waals surface area contributed by atoms with Crippen molar-refractivity contribution in [3.63, 3.8) is 0 Å². The summed E-state index contributed by atoms with van der Waals surface area (Å²) in [5.74, 6) is 1.25. The predicted molar refractivity (Wildman–Crippen MR) is 124 cm³/mol. The van der Waals surface area contributed by atoms with E-state index in [1.165, 1.54) is 25.3 Å².